The third-order valence-electron chi connectivity index (χ3n) is 5.53. The first kappa shape index (κ1) is 20.4. The second-order valence-corrected chi connectivity index (χ2v) is 7.59. The number of aromatic nitrogens is 4. The van der Waals surface area contributed by atoms with Gasteiger partial charge in [0, 0.05) is 35.4 Å². The monoisotopic (exact) mass is 438 g/mol. The number of anilines is 2. The van der Waals surface area contributed by atoms with Crippen molar-refractivity contribution < 1.29 is 9.53 Å². The molecule has 4 aromatic rings. The highest BCUT2D eigenvalue weighted by Gasteiger charge is 2.21. The summed E-state index contributed by atoms with van der Waals surface area (Å²) in [6.07, 6.45) is 8.40. The number of nitrogens with two attached hydrogens (primary N) is 1. The number of pyridine rings is 2. The minimum atomic E-state index is -0.135. The molecule has 1 amide bonds. The Balaban J connectivity index is 1.49. The summed E-state index contributed by atoms with van der Waals surface area (Å²) < 4.78 is 7.22. The standard InChI is InChI=1S/C25H22N6O2/c1-33-19-6-2-5-17(15-19)29-25(32)16-9-11-18(12-10-16)31-23(20-7-3-13-27-22(20)26)30-21-8-4-14-28-24(21)31/h2-9,11,13-15H,10,12H2,1H3,(H2,26,27)(H,29,32). The van der Waals surface area contributed by atoms with Crippen LogP contribution in [0.5, 0.6) is 5.75 Å². The summed E-state index contributed by atoms with van der Waals surface area (Å²) >= 11 is 0. The largest absolute Gasteiger partial charge is 0.497 e. The Morgan fingerprint density at radius 2 is 1.91 bits per heavy atom. The quantitative estimate of drug-likeness (QED) is 0.481. The van der Waals surface area contributed by atoms with Gasteiger partial charge in [0.25, 0.3) is 5.91 Å². The number of amides is 1. The summed E-state index contributed by atoms with van der Waals surface area (Å²) in [4.78, 5) is 26.3. The van der Waals surface area contributed by atoms with Crippen molar-refractivity contribution in [3.05, 3.63) is 78.6 Å². The Hall–Kier alpha value is -4.46. The van der Waals surface area contributed by atoms with Gasteiger partial charge in [-0.1, -0.05) is 12.1 Å². The number of nitrogens with zero attached hydrogens (tertiary/aromatic N) is 4. The SMILES string of the molecule is COc1cccc(NC(=O)C2=CC=C(n3c(-c4cccnc4N)nc4cccnc43)CC2)c1. The van der Waals surface area contributed by atoms with Crippen LogP contribution in [-0.4, -0.2) is 32.5 Å². The molecule has 0 spiro atoms. The molecule has 0 unspecified atom stereocenters. The Morgan fingerprint density at radius 1 is 1.06 bits per heavy atom. The molecule has 164 valence electrons. The smallest absolute Gasteiger partial charge is 0.251 e. The third kappa shape index (κ3) is 3.94. The van der Waals surface area contributed by atoms with Crippen molar-refractivity contribution in [1.82, 2.24) is 19.5 Å². The van der Waals surface area contributed by atoms with E-state index in [2.05, 4.69) is 15.3 Å². The number of ether oxygens (including phenoxy) is 1. The van der Waals surface area contributed by atoms with E-state index in [4.69, 9.17) is 15.5 Å². The number of benzene rings is 1. The zero-order chi connectivity index (χ0) is 22.8. The van der Waals surface area contributed by atoms with Crippen LogP contribution in [0.1, 0.15) is 12.8 Å². The Morgan fingerprint density at radius 3 is 2.70 bits per heavy atom. The maximum atomic E-state index is 12.8. The summed E-state index contributed by atoms with van der Waals surface area (Å²) in [6.45, 7) is 0. The van der Waals surface area contributed by atoms with E-state index < -0.39 is 0 Å². The van der Waals surface area contributed by atoms with Crippen LogP contribution < -0.4 is 15.8 Å². The normalized spacial score (nSPS) is 13.4. The zero-order valence-electron chi connectivity index (χ0n) is 18.0. The van der Waals surface area contributed by atoms with Gasteiger partial charge in [0.2, 0.25) is 0 Å². The van der Waals surface area contributed by atoms with E-state index in [0.717, 1.165) is 22.4 Å². The van der Waals surface area contributed by atoms with Gasteiger partial charge in [-0.25, -0.2) is 15.0 Å². The van der Waals surface area contributed by atoms with Gasteiger partial charge in [0.1, 0.15) is 22.9 Å². The minimum absolute atomic E-state index is 0.135. The number of hydrogen-bond acceptors (Lipinski definition) is 6. The van der Waals surface area contributed by atoms with Gasteiger partial charge in [-0.15, -0.1) is 0 Å². The second kappa shape index (κ2) is 8.58. The maximum absolute atomic E-state index is 12.8. The van der Waals surface area contributed by atoms with Crippen molar-refractivity contribution in [3.63, 3.8) is 0 Å². The Labute approximate surface area is 190 Å². The topological polar surface area (TPSA) is 108 Å². The van der Waals surface area contributed by atoms with Crippen LogP contribution in [0, 0.1) is 0 Å². The molecule has 0 atom stereocenters. The lowest BCUT2D eigenvalue weighted by Gasteiger charge is -2.18. The van der Waals surface area contributed by atoms with Gasteiger partial charge in [0.05, 0.1) is 12.7 Å². The fourth-order valence-corrected chi connectivity index (χ4v) is 3.89. The molecule has 0 fully saturated rings. The number of hydrogen-bond donors (Lipinski definition) is 2. The number of nitrogen functional groups attached to an aromatic ring is 1. The highest BCUT2D eigenvalue weighted by Crippen LogP contribution is 2.33. The van der Waals surface area contributed by atoms with Crippen molar-refractivity contribution in [2.75, 3.05) is 18.2 Å². The number of imidazole rings is 1. The average molecular weight is 438 g/mol. The van der Waals surface area contributed by atoms with Crippen LogP contribution in [0.4, 0.5) is 11.5 Å². The molecule has 0 bridgehead atoms. The van der Waals surface area contributed by atoms with E-state index in [9.17, 15) is 4.79 Å². The predicted molar refractivity (Wildman–Crippen MR) is 128 cm³/mol. The van der Waals surface area contributed by atoms with Gasteiger partial charge in [-0.05, 0) is 55.3 Å². The summed E-state index contributed by atoms with van der Waals surface area (Å²) in [7, 11) is 1.60. The predicted octanol–water partition coefficient (Wildman–Crippen LogP) is 4.28. The van der Waals surface area contributed by atoms with Crippen LogP contribution >= 0.6 is 0 Å². The van der Waals surface area contributed by atoms with Crippen molar-refractivity contribution in [1.29, 1.82) is 0 Å². The van der Waals surface area contributed by atoms with Gasteiger partial charge in [-0.3, -0.25) is 9.36 Å². The zero-order valence-corrected chi connectivity index (χ0v) is 18.0. The Bertz CT molecular complexity index is 1420. The molecule has 0 saturated heterocycles. The molecule has 5 rings (SSSR count). The first-order valence-corrected chi connectivity index (χ1v) is 10.5. The van der Waals surface area contributed by atoms with Crippen molar-refractivity contribution >= 4 is 34.3 Å². The summed E-state index contributed by atoms with van der Waals surface area (Å²) in [5.41, 5.74) is 10.8. The third-order valence-corrected chi connectivity index (χ3v) is 5.53. The highest BCUT2D eigenvalue weighted by atomic mass is 16.5. The van der Waals surface area contributed by atoms with Gasteiger partial charge in [0.15, 0.2) is 5.65 Å². The maximum Gasteiger partial charge on any atom is 0.251 e. The van der Waals surface area contributed by atoms with Gasteiger partial charge >= 0.3 is 0 Å². The van der Waals surface area contributed by atoms with Crippen LogP contribution in [0.15, 0.2) is 78.6 Å². The molecule has 1 aliphatic carbocycles. The molecule has 0 radical (unpaired) electrons. The molecule has 1 aliphatic rings. The lowest BCUT2D eigenvalue weighted by atomic mass is 10.0. The molecule has 8 nitrogen and oxygen atoms in total. The molecule has 1 aromatic carbocycles. The van der Waals surface area contributed by atoms with Crippen molar-refractivity contribution in [2.24, 2.45) is 0 Å². The van der Waals surface area contributed by atoms with Crippen molar-refractivity contribution in [3.8, 4) is 17.1 Å². The van der Waals surface area contributed by atoms with Crippen LogP contribution in [0.2, 0.25) is 0 Å². The lowest BCUT2D eigenvalue weighted by molar-refractivity contribution is -0.113. The summed E-state index contributed by atoms with van der Waals surface area (Å²) in [5.74, 6) is 1.63. The first-order chi connectivity index (χ1) is 16.1. The molecular formula is C25H22N6O2. The number of allylic oxidation sites excluding steroid dienone is 3. The van der Waals surface area contributed by atoms with Crippen LogP contribution in [0.25, 0.3) is 28.2 Å². The first-order valence-electron chi connectivity index (χ1n) is 10.5. The number of methoxy groups -OCH3 is 1. The number of fused-ring (bicyclic) bond motifs is 1. The number of carbonyl (C=O) groups excluding carboxylic acids is 1. The van der Waals surface area contributed by atoms with Gasteiger partial charge in [-0.2, -0.15) is 0 Å². The van der Waals surface area contributed by atoms with Gasteiger partial charge < -0.3 is 15.8 Å². The molecular weight excluding hydrogens is 416 g/mol. The van der Waals surface area contributed by atoms with E-state index >= 15 is 0 Å². The molecule has 8 heteroatoms. The number of nitrogens with one attached hydrogen (secondary N) is 1. The van der Waals surface area contributed by atoms with E-state index in [1.807, 2.05) is 59.2 Å². The Kier molecular flexibility index (Phi) is 5.32. The summed E-state index contributed by atoms with van der Waals surface area (Å²) in [6, 6.07) is 14.8. The van der Waals surface area contributed by atoms with E-state index in [1.54, 1.807) is 25.6 Å². The van der Waals surface area contributed by atoms with E-state index in [1.165, 1.54) is 0 Å². The second-order valence-electron chi connectivity index (χ2n) is 7.59. The molecule has 0 aliphatic heterocycles. The molecule has 33 heavy (non-hydrogen) atoms. The lowest BCUT2D eigenvalue weighted by Crippen LogP contribution is -2.16. The minimum Gasteiger partial charge on any atom is -0.497 e. The fourth-order valence-electron chi connectivity index (χ4n) is 3.89. The molecule has 3 heterocycles. The van der Waals surface area contributed by atoms with E-state index in [-0.39, 0.29) is 5.91 Å². The number of carbonyl (C=O) groups is 1. The van der Waals surface area contributed by atoms with E-state index in [0.29, 0.717) is 41.5 Å². The molecule has 3 N–H and O–H groups in total. The highest BCUT2D eigenvalue weighted by molar-refractivity contribution is 6.04. The van der Waals surface area contributed by atoms with Crippen LogP contribution in [0.3, 0.4) is 0 Å². The molecule has 0 saturated carbocycles. The van der Waals surface area contributed by atoms with Crippen LogP contribution in [-0.2, 0) is 4.79 Å². The fraction of sp³-hybridized carbons (Fsp3) is 0.120. The summed E-state index contributed by atoms with van der Waals surface area (Å²) in [5, 5.41) is 2.94. The van der Waals surface area contributed by atoms with Crippen molar-refractivity contribution in [2.45, 2.75) is 12.8 Å². The average Bonchev–Trinajstić information content (AvgIpc) is 3.24. The number of rotatable bonds is 5. The molecule has 3 aromatic heterocycles.